The van der Waals surface area contributed by atoms with Crippen LogP contribution in [0.5, 0.6) is 0 Å². The molecule has 2 aliphatic rings. The molecular formula is C20H21N3O3S. The predicted molar refractivity (Wildman–Crippen MR) is 102 cm³/mol. The molecule has 140 valence electrons. The standard InChI is InChI=1S/C20H21N3O3S/c24-27(25,17-13-22-19-16(17)7-4-10-21-19)23-14-20(8-11-26-12-9-20)18(23)15-5-2-1-3-6-15/h1-7,10,13,18H,8-9,11-12,14H2,(H,21,22)/t18-/m0/s1. The van der Waals surface area contributed by atoms with Gasteiger partial charge in [0.05, 0.1) is 6.04 Å². The van der Waals surface area contributed by atoms with Crippen molar-refractivity contribution in [3.63, 3.8) is 0 Å². The van der Waals surface area contributed by atoms with Crippen LogP contribution in [-0.2, 0) is 14.8 Å². The van der Waals surface area contributed by atoms with Crippen LogP contribution in [0, 0.1) is 5.41 Å². The van der Waals surface area contributed by atoms with Crippen LogP contribution in [0.1, 0.15) is 24.4 Å². The molecule has 3 aromatic rings. The molecule has 5 rings (SSSR count). The number of pyridine rings is 1. The largest absolute Gasteiger partial charge is 0.381 e. The van der Waals surface area contributed by atoms with E-state index in [1.807, 2.05) is 30.3 Å². The highest BCUT2D eigenvalue weighted by Crippen LogP contribution is 2.56. The molecule has 0 unspecified atom stereocenters. The van der Waals surface area contributed by atoms with Gasteiger partial charge in [0.2, 0.25) is 10.0 Å². The van der Waals surface area contributed by atoms with Crippen LogP contribution in [0.2, 0.25) is 0 Å². The highest BCUT2D eigenvalue weighted by Gasteiger charge is 2.58. The maximum absolute atomic E-state index is 13.5. The Morgan fingerprint density at radius 3 is 2.67 bits per heavy atom. The van der Waals surface area contributed by atoms with Crippen LogP contribution in [-0.4, -0.2) is 42.4 Å². The Morgan fingerprint density at radius 2 is 1.89 bits per heavy atom. The summed E-state index contributed by atoms with van der Waals surface area (Å²) in [5.74, 6) is 0. The van der Waals surface area contributed by atoms with E-state index in [9.17, 15) is 8.42 Å². The molecule has 7 heteroatoms. The Hall–Kier alpha value is -2.22. The lowest BCUT2D eigenvalue weighted by Gasteiger charge is -2.58. The molecule has 2 aromatic heterocycles. The van der Waals surface area contributed by atoms with Gasteiger partial charge in [-0.05, 0) is 30.5 Å². The summed E-state index contributed by atoms with van der Waals surface area (Å²) >= 11 is 0. The average molecular weight is 383 g/mol. The van der Waals surface area contributed by atoms with Crippen molar-refractivity contribution in [2.24, 2.45) is 5.41 Å². The molecule has 0 bridgehead atoms. The molecule has 1 aromatic carbocycles. The minimum Gasteiger partial charge on any atom is -0.381 e. The first-order chi connectivity index (χ1) is 13.1. The van der Waals surface area contributed by atoms with Gasteiger partial charge in [-0.3, -0.25) is 0 Å². The molecule has 0 aliphatic carbocycles. The zero-order valence-electron chi connectivity index (χ0n) is 14.8. The smallest absolute Gasteiger partial charge is 0.245 e. The fourth-order valence-electron chi connectivity index (χ4n) is 4.54. The molecule has 0 amide bonds. The van der Waals surface area contributed by atoms with Crippen LogP contribution < -0.4 is 0 Å². The lowest BCUT2D eigenvalue weighted by Crippen LogP contribution is -2.62. The van der Waals surface area contributed by atoms with Gasteiger partial charge in [-0.2, -0.15) is 4.31 Å². The van der Waals surface area contributed by atoms with E-state index >= 15 is 0 Å². The van der Waals surface area contributed by atoms with Crippen LogP contribution in [0.3, 0.4) is 0 Å². The van der Waals surface area contributed by atoms with Crippen molar-refractivity contribution in [3.05, 3.63) is 60.4 Å². The van der Waals surface area contributed by atoms with Gasteiger partial charge in [0.15, 0.2) is 0 Å². The van der Waals surface area contributed by atoms with Gasteiger partial charge in [0.1, 0.15) is 10.5 Å². The van der Waals surface area contributed by atoms with Crippen molar-refractivity contribution in [1.82, 2.24) is 14.3 Å². The summed E-state index contributed by atoms with van der Waals surface area (Å²) < 4.78 is 34.3. The van der Waals surface area contributed by atoms with E-state index in [1.54, 1.807) is 28.8 Å². The van der Waals surface area contributed by atoms with E-state index in [-0.39, 0.29) is 11.5 Å². The Labute approximate surface area is 158 Å². The molecule has 1 spiro atoms. The van der Waals surface area contributed by atoms with Gasteiger partial charge >= 0.3 is 0 Å². The van der Waals surface area contributed by atoms with Gasteiger partial charge in [0.25, 0.3) is 0 Å². The third kappa shape index (κ3) is 2.53. The summed E-state index contributed by atoms with van der Waals surface area (Å²) in [5.41, 5.74) is 1.60. The molecule has 2 saturated heterocycles. The number of H-pyrrole nitrogens is 1. The zero-order chi connectivity index (χ0) is 18.5. The number of benzene rings is 1. The number of sulfonamides is 1. The Morgan fingerprint density at radius 1 is 1.11 bits per heavy atom. The maximum atomic E-state index is 13.5. The molecule has 2 fully saturated rings. The Bertz CT molecular complexity index is 1070. The predicted octanol–water partition coefficient (Wildman–Crippen LogP) is 3.11. The SMILES string of the molecule is O=S(=O)(c1c[nH]c2ncccc12)N1CC2(CCOCC2)[C@@H]1c1ccccc1. The summed E-state index contributed by atoms with van der Waals surface area (Å²) in [6, 6.07) is 13.4. The molecule has 2 aliphatic heterocycles. The molecule has 0 saturated carbocycles. The lowest BCUT2D eigenvalue weighted by molar-refractivity contribution is -0.0952. The van der Waals surface area contributed by atoms with Crippen molar-refractivity contribution >= 4 is 21.1 Å². The van der Waals surface area contributed by atoms with Crippen molar-refractivity contribution in [2.45, 2.75) is 23.8 Å². The van der Waals surface area contributed by atoms with Crippen molar-refractivity contribution in [1.29, 1.82) is 0 Å². The van der Waals surface area contributed by atoms with Gasteiger partial charge < -0.3 is 9.72 Å². The van der Waals surface area contributed by atoms with Gasteiger partial charge in [0, 0.05) is 43.0 Å². The number of nitrogens with one attached hydrogen (secondary N) is 1. The summed E-state index contributed by atoms with van der Waals surface area (Å²) in [5, 5.41) is 0.636. The highest BCUT2D eigenvalue weighted by atomic mass is 32.2. The minimum atomic E-state index is -3.64. The lowest BCUT2D eigenvalue weighted by atomic mass is 9.65. The fraction of sp³-hybridized carbons (Fsp3) is 0.350. The number of hydrogen-bond donors (Lipinski definition) is 1. The Kier molecular flexibility index (Phi) is 3.86. The second-order valence-electron chi connectivity index (χ2n) is 7.39. The molecular weight excluding hydrogens is 362 g/mol. The van der Waals surface area contributed by atoms with E-state index in [2.05, 4.69) is 9.97 Å². The van der Waals surface area contributed by atoms with Crippen molar-refractivity contribution in [2.75, 3.05) is 19.8 Å². The maximum Gasteiger partial charge on any atom is 0.245 e. The zero-order valence-corrected chi connectivity index (χ0v) is 15.7. The van der Waals surface area contributed by atoms with Crippen molar-refractivity contribution in [3.8, 4) is 0 Å². The fourth-order valence-corrected chi connectivity index (χ4v) is 6.49. The average Bonchev–Trinajstić information content (AvgIpc) is 3.13. The quantitative estimate of drug-likeness (QED) is 0.754. The van der Waals surface area contributed by atoms with E-state index in [0.717, 1.165) is 18.4 Å². The first kappa shape index (κ1) is 16.9. The first-order valence-corrected chi connectivity index (χ1v) is 10.6. The summed E-state index contributed by atoms with van der Waals surface area (Å²) in [7, 11) is -3.64. The number of nitrogens with zero attached hydrogens (tertiary/aromatic N) is 2. The number of aromatic nitrogens is 2. The van der Waals surface area contributed by atoms with E-state index < -0.39 is 10.0 Å². The molecule has 27 heavy (non-hydrogen) atoms. The van der Waals surface area contributed by atoms with E-state index in [1.165, 1.54) is 0 Å². The topological polar surface area (TPSA) is 75.3 Å². The van der Waals surface area contributed by atoms with Gasteiger partial charge in [-0.25, -0.2) is 13.4 Å². The molecule has 1 atom stereocenters. The summed E-state index contributed by atoms with van der Waals surface area (Å²) in [6.07, 6.45) is 4.98. The molecule has 1 N–H and O–H groups in total. The van der Waals surface area contributed by atoms with Crippen LogP contribution >= 0.6 is 0 Å². The second kappa shape index (κ2) is 6.15. The number of rotatable bonds is 3. The van der Waals surface area contributed by atoms with Crippen LogP contribution in [0.4, 0.5) is 0 Å². The summed E-state index contributed by atoms with van der Waals surface area (Å²) in [6.45, 7) is 1.91. The second-order valence-corrected chi connectivity index (χ2v) is 9.25. The number of ether oxygens (including phenoxy) is 1. The van der Waals surface area contributed by atoms with Crippen LogP contribution in [0.25, 0.3) is 11.0 Å². The first-order valence-electron chi connectivity index (χ1n) is 9.19. The molecule has 6 nitrogen and oxygen atoms in total. The highest BCUT2D eigenvalue weighted by molar-refractivity contribution is 7.89. The van der Waals surface area contributed by atoms with Gasteiger partial charge in [-0.1, -0.05) is 30.3 Å². The van der Waals surface area contributed by atoms with E-state index in [0.29, 0.717) is 35.7 Å². The normalized spacial score (nSPS) is 22.7. The summed E-state index contributed by atoms with van der Waals surface area (Å²) in [4.78, 5) is 7.51. The monoisotopic (exact) mass is 383 g/mol. The minimum absolute atomic E-state index is 0.0446. The third-order valence-electron chi connectivity index (χ3n) is 5.94. The molecule has 0 radical (unpaired) electrons. The van der Waals surface area contributed by atoms with E-state index in [4.69, 9.17) is 4.74 Å². The Balaban J connectivity index is 1.59. The van der Waals surface area contributed by atoms with Crippen LogP contribution in [0.15, 0.2) is 59.8 Å². The number of aromatic amines is 1. The van der Waals surface area contributed by atoms with Gasteiger partial charge in [-0.15, -0.1) is 0 Å². The van der Waals surface area contributed by atoms with Crippen molar-refractivity contribution < 1.29 is 13.2 Å². The molecule has 4 heterocycles. The number of hydrogen-bond acceptors (Lipinski definition) is 4. The third-order valence-corrected chi connectivity index (χ3v) is 7.79. The number of fused-ring (bicyclic) bond motifs is 1.